The maximum Gasteiger partial charge on any atom is 0.414 e. The zero-order valence-electron chi connectivity index (χ0n) is 15.5. The summed E-state index contributed by atoms with van der Waals surface area (Å²) in [7, 11) is 0. The molecule has 1 saturated heterocycles. The van der Waals surface area contributed by atoms with E-state index in [0.29, 0.717) is 6.54 Å². The molecule has 4 amide bonds. The van der Waals surface area contributed by atoms with E-state index in [9.17, 15) is 14.4 Å². The van der Waals surface area contributed by atoms with Crippen LogP contribution in [-0.4, -0.2) is 47.9 Å². The van der Waals surface area contributed by atoms with E-state index in [-0.39, 0.29) is 18.6 Å². The number of nitrogens with one attached hydrogen (secondary N) is 1. The van der Waals surface area contributed by atoms with Gasteiger partial charge in [0.05, 0.1) is 24.9 Å². The van der Waals surface area contributed by atoms with E-state index in [4.69, 9.17) is 10.5 Å². The van der Waals surface area contributed by atoms with Crippen molar-refractivity contribution in [3.05, 3.63) is 35.5 Å². The minimum absolute atomic E-state index is 0.160. The van der Waals surface area contributed by atoms with Crippen molar-refractivity contribution < 1.29 is 19.1 Å². The number of anilines is 1. The van der Waals surface area contributed by atoms with E-state index in [1.165, 1.54) is 6.92 Å². The highest BCUT2D eigenvalue weighted by Gasteiger charge is 2.37. The van der Waals surface area contributed by atoms with Crippen LogP contribution in [0.25, 0.3) is 5.57 Å². The summed E-state index contributed by atoms with van der Waals surface area (Å²) in [6, 6.07) is 5.17. The van der Waals surface area contributed by atoms with E-state index in [1.807, 2.05) is 18.2 Å². The van der Waals surface area contributed by atoms with Gasteiger partial charge in [-0.2, -0.15) is 0 Å². The second kappa shape index (κ2) is 6.99. The predicted octanol–water partition coefficient (Wildman–Crippen LogP) is 0.911. The van der Waals surface area contributed by atoms with Crippen LogP contribution in [-0.2, 0) is 16.0 Å². The Bertz CT molecular complexity index is 923. The molecule has 145 valence electrons. The molecule has 2 aliphatic heterocycles. The summed E-state index contributed by atoms with van der Waals surface area (Å²) >= 11 is 0. The molecule has 9 heteroatoms. The second-order valence-electron chi connectivity index (χ2n) is 7.02. The monoisotopic (exact) mass is 383 g/mol. The van der Waals surface area contributed by atoms with E-state index >= 15 is 0 Å². The van der Waals surface area contributed by atoms with Crippen molar-refractivity contribution in [3.63, 3.8) is 0 Å². The Morgan fingerprint density at radius 1 is 1.36 bits per heavy atom. The van der Waals surface area contributed by atoms with Gasteiger partial charge in [-0.05, 0) is 41.1 Å². The molecule has 1 radical (unpaired) electrons. The van der Waals surface area contributed by atoms with Crippen molar-refractivity contribution in [1.82, 2.24) is 15.4 Å². The third-order valence-electron chi connectivity index (χ3n) is 5.02. The molecule has 3 aliphatic rings. The van der Waals surface area contributed by atoms with Crippen molar-refractivity contribution >= 4 is 35.0 Å². The number of hydrogen-bond acceptors (Lipinski definition) is 5. The molecule has 0 aromatic heterocycles. The molecule has 3 N–H and O–H groups in total. The van der Waals surface area contributed by atoms with E-state index in [0.717, 1.165) is 52.4 Å². The van der Waals surface area contributed by atoms with Crippen molar-refractivity contribution in [2.75, 3.05) is 18.0 Å². The topological polar surface area (TPSA) is 119 Å². The van der Waals surface area contributed by atoms with E-state index < -0.39 is 12.1 Å². The molecule has 1 unspecified atom stereocenters. The number of fused-ring (bicyclic) bond motifs is 3. The van der Waals surface area contributed by atoms with Gasteiger partial charge >= 0.3 is 12.1 Å². The quantitative estimate of drug-likeness (QED) is 0.806. The fraction of sp³-hybridized carbons (Fsp3) is 0.368. The lowest BCUT2D eigenvalue weighted by Crippen LogP contribution is -2.33. The summed E-state index contributed by atoms with van der Waals surface area (Å²) in [5.41, 5.74) is 9.91. The number of carbonyl (C=O) groups is 3. The van der Waals surface area contributed by atoms with Gasteiger partial charge in [0.25, 0.3) is 5.71 Å². The second-order valence-corrected chi connectivity index (χ2v) is 7.02. The fourth-order valence-electron chi connectivity index (χ4n) is 3.69. The van der Waals surface area contributed by atoms with Crippen LogP contribution in [0.1, 0.15) is 30.9 Å². The number of nitrogens with two attached hydrogens (primary N) is 1. The number of amides is 4. The normalized spacial score (nSPS) is 20.6. The number of rotatable bonds is 3. The smallest absolute Gasteiger partial charge is 0.414 e. The molecule has 1 aliphatic carbocycles. The number of aryl methyl sites for hydroxylation is 1. The minimum atomic E-state index is -0.615. The fourth-order valence-corrected chi connectivity index (χ4v) is 3.69. The molecule has 2 heterocycles. The van der Waals surface area contributed by atoms with Crippen molar-refractivity contribution in [1.29, 1.82) is 0 Å². The predicted molar refractivity (Wildman–Crippen MR) is 102 cm³/mol. The third-order valence-corrected chi connectivity index (χ3v) is 5.02. The number of primary amides is 1. The van der Waals surface area contributed by atoms with Gasteiger partial charge in [-0.15, -0.1) is 0 Å². The molecule has 1 fully saturated rings. The number of ether oxygens (including phenoxy) is 1. The average Bonchev–Trinajstić information content (AvgIpc) is 3.19. The van der Waals surface area contributed by atoms with Gasteiger partial charge in [0.2, 0.25) is 5.91 Å². The molecule has 1 atom stereocenters. The van der Waals surface area contributed by atoms with Crippen LogP contribution in [0.3, 0.4) is 0 Å². The van der Waals surface area contributed by atoms with Gasteiger partial charge < -0.3 is 15.8 Å². The zero-order valence-corrected chi connectivity index (χ0v) is 15.5. The lowest BCUT2D eigenvalue weighted by Gasteiger charge is -2.16. The van der Waals surface area contributed by atoms with Crippen LogP contribution in [0.15, 0.2) is 24.4 Å². The van der Waals surface area contributed by atoms with Gasteiger partial charge in [0.1, 0.15) is 6.10 Å². The molecule has 0 saturated carbocycles. The van der Waals surface area contributed by atoms with Crippen LogP contribution in [0, 0.1) is 0 Å². The Labute approximate surface area is 161 Å². The van der Waals surface area contributed by atoms with Gasteiger partial charge in [0.15, 0.2) is 5.10 Å². The van der Waals surface area contributed by atoms with Crippen LogP contribution in [0.4, 0.5) is 15.3 Å². The zero-order chi connectivity index (χ0) is 19.8. The first-order chi connectivity index (χ1) is 13.4. The first kappa shape index (κ1) is 18.0. The summed E-state index contributed by atoms with van der Waals surface area (Å²) in [6.07, 6.45) is 3.34. The molecule has 0 spiro atoms. The number of cyclic esters (lactones) is 1. The Balaban J connectivity index is 1.58. The third kappa shape index (κ3) is 3.30. The molecular formula is C19H21N5O4+. The van der Waals surface area contributed by atoms with Crippen LogP contribution in [0.2, 0.25) is 0 Å². The Morgan fingerprint density at radius 2 is 2.18 bits per heavy atom. The number of allylic oxidation sites excluding steroid dienone is 1. The van der Waals surface area contributed by atoms with Crippen LogP contribution >= 0.6 is 0 Å². The summed E-state index contributed by atoms with van der Waals surface area (Å²) in [5, 5.41) is 8.12. The van der Waals surface area contributed by atoms with Crippen LogP contribution < -0.4 is 21.1 Å². The van der Waals surface area contributed by atoms with Crippen molar-refractivity contribution in [2.24, 2.45) is 5.73 Å². The highest BCUT2D eigenvalue weighted by Crippen LogP contribution is 2.33. The number of benzene rings is 1. The highest BCUT2D eigenvalue weighted by atomic mass is 16.6. The summed E-state index contributed by atoms with van der Waals surface area (Å²) in [4.78, 5) is 36.4. The lowest BCUT2D eigenvalue weighted by atomic mass is 9.97. The Hall–Kier alpha value is -3.36. The maximum absolute atomic E-state index is 12.3. The van der Waals surface area contributed by atoms with Crippen molar-refractivity contribution in [2.45, 2.75) is 32.3 Å². The molecule has 1 aromatic carbocycles. The number of nitrogens with zero attached hydrogens (tertiary/aromatic N) is 3. The number of hydrogen-bond donors (Lipinski definition) is 2. The summed E-state index contributed by atoms with van der Waals surface area (Å²) in [6.45, 7) is 2.09. The largest absolute Gasteiger partial charge is 0.442 e. The molecule has 1 aromatic rings. The van der Waals surface area contributed by atoms with Gasteiger partial charge in [-0.3, -0.25) is 9.69 Å². The first-order valence-corrected chi connectivity index (χ1v) is 9.16. The summed E-state index contributed by atoms with van der Waals surface area (Å²) in [5.74, 6) is -0.160. The van der Waals surface area contributed by atoms with Crippen molar-refractivity contribution in [3.8, 4) is 0 Å². The molecule has 0 bridgehead atoms. The molecule has 4 rings (SSSR count). The Morgan fingerprint density at radius 3 is 2.93 bits per heavy atom. The van der Waals surface area contributed by atoms with E-state index in [1.54, 1.807) is 11.1 Å². The number of urea groups is 1. The minimum Gasteiger partial charge on any atom is -0.442 e. The standard InChI is InChI=1S/C19H21N5O4/c1-11(25)21-8-14-9-23(19(27)28-14)13-5-6-15-12(7-13)3-2-4-17-16(15)10-24(22-17)18(20)26/h5-7,10,14H,2-4,8-9H2,1H3,(H2,20,26)(H,21,25)/q+1. The van der Waals surface area contributed by atoms with E-state index in [2.05, 4.69) is 10.4 Å². The Kier molecular flexibility index (Phi) is 4.50. The number of carbonyl (C=O) groups excluding carboxylic acids is 3. The van der Waals surface area contributed by atoms with Crippen LogP contribution in [0.5, 0.6) is 0 Å². The highest BCUT2D eigenvalue weighted by molar-refractivity contribution is 6.25. The SMILES string of the molecule is CC(=O)NCC1CN(c2ccc3c(c2)CCCC2=[N+]N(C(N)=O)C=C23)C(=O)O1. The molecule has 28 heavy (non-hydrogen) atoms. The maximum atomic E-state index is 12.3. The summed E-state index contributed by atoms with van der Waals surface area (Å²) < 4.78 is 5.34. The van der Waals surface area contributed by atoms with Gasteiger partial charge in [-0.1, -0.05) is 6.07 Å². The average molecular weight is 383 g/mol. The van der Waals surface area contributed by atoms with Gasteiger partial charge in [0, 0.05) is 19.0 Å². The molecule has 9 nitrogen and oxygen atoms in total. The van der Waals surface area contributed by atoms with Gasteiger partial charge in [-0.25, -0.2) is 9.59 Å². The molecular weight excluding hydrogens is 362 g/mol. The number of hydrazone groups is 1. The lowest BCUT2D eigenvalue weighted by molar-refractivity contribution is -0.119. The first-order valence-electron chi connectivity index (χ1n) is 9.16.